The van der Waals surface area contributed by atoms with Gasteiger partial charge in [-0.25, -0.2) is 12.8 Å². The summed E-state index contributed by atoms with van der Waals surface area (Å²) in [5.74, 6) is -0.242. The number of hydrogen-bond acceptors (Lipinski definition) is 4. The number of carbonyl (C=O) groups is 1. The fraction of sp³-hybridized carbons (Fsp3) is 0.381. The van der Waals surface area contributed by atoms with Crippen LogP contribution in [0.3, 0.4) is 0 Å². The maximum Gasteiger partial charge on any atom is 0.416 e. The maximum atomic E-state index is 15.4. The maximum absolute atomic E-state index is 15.4. The Morgan fingerprint density at radius 3 is 2.41 bits per heavy atom. The van der Waals surface area contributed by atoms with Crippen molar-refractivity contribution in [3.63, 3.8) is 0 Å². The molecule has 5 nitrogen and oxygen atoms in total. The van der Waals surface area contributed by atoms with Gasteiger partial charge in [-0.05, 0) is 62.1 Å². The van der Waals surface area contributed by atoms with Gasteiger partial charge in [0.25, 0.3) is 5.91 Å². The largest absolute Gasteiger partial charge is 0.496 e. The number of hydrogen-bond donors (Lipinski definition) is 1. The monoisotopic (exact) mass is 493 g/mol. The lowest BCUT2D eigenvalue weighted by molar-refractivity contribution is -0.137. The first kappa shape index (κ1) is 24.3. The second-order valence-electron chi connectivity index (χ2n) is 7.50. The summed E-state index contributed by atoms with van der Waals surface area (Å²) in [5.41, 5.74) is -0.953. The summed E-state index contributed by atoms with van der Waals surface area (Å²) in [7, 11) is -3.30. The minimum atomic E-state index is -4.75. The van der Waals surface area contributed by atoms with Crippen LogP contribution in [0.2, 0.25) is 5.02 Å². The molecule has 1 N–H and O–H groups in total. The van der Waals surface area contributed by atoms with Crippen molar-refractivity contribution in [3.05, 3.63) is 58.6 Å². The lowest BCUT2D eigenvalue weighted by atomic mass is 9.93. The van der Waals surface area contributed by atoms with E-state index in [1.807, 2.05) is 0 Å². The lowest BCUT2D eigenvalue weighted by Gasteiger charge is -2.34. The number of methoxy groups -OCH3 is 1. The fourth-order valence-corrected chi connectivity index (χ4v) is 5.53. The molecule has 1 fully saturated rings. The number of nitrogens with one attached hydrogen (secondary N) is 1. The van der Waals surface area contributed by atoms with Crippen molar-refractivity contribution in [2.24, 2.45) is 0 Å². The summed E-state index contributed by atoms with van der Waals surface area (Å²) in [5, 5.41) is 0.363. The van der Waals surface area contributed by atoms with Crippen LogP contribution in [0.5, 0.6) is 5.75 Å². The van der Waals surface area contributed by atoms with E-state index in [1.165, 1.54) is 25.3 Å². The summed E-state index contributed by atoms with van der Waals surface area (Å²) in [4.78, 5) is 11.8. The van der Waals surface area contributed by atoms with Crippen LogP contribution in [-0.2, 0) is 16.0 Å². The van der Waals surface area contributed by atoms with E-state index < -0.39 is 56.3 Å². The highest BCUT2D eigenvalue weighted by atomic mass is 35.5. The molecular formula is C21H20ClF4NO4S. The van der Waals surface area contributed by atoms with E-state index in [2.05, 4.69) is 5.32 Å². The molecule has 1 aliphatic rings. The fourth-order valence-electron chi connectivity index (χ4n) is 3.63. The second-order valence-corrected chi connectivity index (χ2v) is 10.2. The van der Waals surface area contributed by atoms with Gasteiger partial charge < -0.3 is 10.1 Å². The third-order valence-corrected chi connectivity index (χ3v) is 7.91. The van der Waals surface area contributed by atoms with Crippen molar-refractivity contribution in [2.45, 2.75) is 47.8 Å². The number of alkyl halides is 4. The van der Waals surface area contributed by atoms with Crippen LogP contribution in [0.25, 0.3) is 0 Å². The zero-order valence-corrected chi connectivity index (χ0v) is 18.5. The molecule has 1 aliphatic carbocycles. The molecule has 0 unspecified atom stereocenters. The summed E-state index contributed by atoms with van der Waals surface area (Å²) in [6.45, 7) is 0. The Hall–Kier alpha value is -2.33. The Balaban J connectivity index is 1.72. The minimum absolute atomic E-state index is 0.00363. The van der Waals surface area contributed by atoms with Crippen molar-refractivity contribution in [1.29, 1.82) is 0 Å². The Morgan fingerprint density at radius 1 is 1.16 bits per heavy atom. The van der Waals surface area contributed by atoms with Crippen LogP contribution in [0.1, 0.15) is 41.6 Å². The molecule has 0 heterocycles. The quantitative estimate of drug-likeness (QED) is 0.583. The number of benzene rings is 2. The standard InChI is InChI=1S/C21H20ClF4NO4S/c1-31-18-12-14(22)5-6-17(18)19(28)27-15-7-9-20(23,10-8-15)32(29,30)16-4-2-3-13(11-16)21(24,25)26/h2-6,11-12,15H,7-10H2,1H3,(H,27,28)/t15-,20-. The molecule has 1 amide bonds. The van der Waals surface area contributed by atoms with Gasteiger partial charge in [0.1, 0.15) is 5.75 Å². The molecule has 2 aromatic carbocycles. The summed E-state index contributed by atoms with van der Waals surface area (Å²) >= 11 is 5.88. The molecule has 32 heavy (non-hydrogen) atoms. The van der Waals surface area contributed by atoms with Crippen molar-refractivity contribution < 1.29 is 35.5 Å². The van der Waals surface area contributed by atoms with Crippen LogP contribution in [0, 0.1) is 0 Å². The van der Waals surface area contributed by atoms with Gasteiger partial charge in [-0.15, -0.1) is 0 Å². The highest BCUT2D eigenvalue weighted by Crippen LogP contribution is 2.41. The average molecular weight is 494 g/mol. The van der Waals surface area contributed by atoms with E-state index in [-0.39, 0.29) is 24.2 Å². The van der Waals surface area contributed by atoms with Gasteiger partial charge in [-0.2, -0.15) is 13.2 Å². The first-order chi connectivity index (χ1) is 14.9. The average Bonchev–Trinajstić information content (AvgIpc) is 2.74. The zero-order chi connectivity index (χ0) is 23.7. The van der Waals surface area contributed by atoms with E-state index in [1.54, 1.807) is 0 Å². The van der Waals surface area contributed by atoms with Crippen molar-refractivity contribution in [3.8, 4) is 5.75 Å². The molecule has 11 heteroatoms. The van der Waals surface area contributed by atoms with Gasteiger partial charge >= 0.3 is 6.18 Å². The SMILES string of the molecule is COc1cc(Cl)ccc1C(=O)N[C@H]1CC[C@](F)(S(=O)(=O)c2cccc(C(F)(F)F)c2)CC1. The van der Waals surface area contributed by atoms with E-state index in [4.69, 9.17) is 16.3 Å². The van der Waals surface area contributed by atoms with Gasteiger partial charge in [0.05, 0.1) is 23.1 Å². The first-order valence-corrected chi connectivity index (χ1v) is 11.5. The third kappa shape index (κ3) is 4.85. The number of amides is 1. The van der Waals surface area contributed by atoms with Crippen LogP contribution >= 0.6 is 11.6 Å². The van der Waals surface area contributed by atoms with Gasteiger partial charge in [-0.3, -0.25) is 4.79 Å². The molecule has 2 aromatic rings. The molecule has 3 rings (SSSR count). The molecule has 1 saturated carbocycles. The third-order valence-electron chi connectivity index (χ3n) is 5.43. The summed E-state index contributed by atoms with van der Waals surface area (Å²) < 4.78 is 85.0. The Morgan fingerprint density at radius 2 is 1.81 bits per heavy atom. The second kappa shape index (κ2) is 8.90. The Kier molecular flexibility index (Phi) is 6.76. The van der Waals surface area contributed by atoms with Gasteiger partial charge in [0.2, 0.25) is 14.8 Å². The number of rotatable bonds is 5. The molecule has 0 aromatic heterocycles. The lowest BCUT2D eigenvalue weighted by Crippen LogP contribution is -2.45. The topological polar surface area (TPSA) is 72.5 Å². The van der Waals surface area contributed by atoms with E-state index in [0.717, 1.165) is 18.2 Å². The van der Waals surface area contributed by atoms with E-state index in [9.17, 15) is 26.4 Å². The number of sulfone groups is 1. The highest BCUT2D eigenvalue weighted by Gasteiger charge is 2.48. The number of carbonyl (C=O) groups excluding carboxylic acids is 1. The molecule has 0 atom stereocenters. The Bertz CT molecular complexity index is 1110. The molecule has 0 saturated heterocycles. The Labute approximate surface area is 187 Å². The molecule has 0 aliphatic heterocycles. The first-order valence-electron chi connectivity index (χ1n) is 9.62. The van der Waals surface area contributed by atoms with Crippen LogP contribution in [0.4, 0.5) is 17.6 Å². The smallest absolute Gasteiger partial charge is 0.416 e. The number of ether oxygens (including phenoxy) is 1. The van der Waals surface area contributed by atoms with E-state index >= 15 is 4.39 Å². The minimum Gasteiger partial charge on any atom is -0.496 e. The van der Waals surface area contributed by atoms with Crippen molar-refractivity contribution in [2.75, 3.05) is 7.11 Å². The summed E-state index contributed by atoms with van der Waals surface area (Å²) in [6, 6.07) is 6.98. The molecule has 0 radical (unpaired) electrons. The summed E-state index contributed by atoms with van der Waals surface area (Å²) in [6.07, 6.45) is -5.69. The molecule has 174 valence electrons. The van der Waals surface area contributed by atoms with Crippen LogP contribution in [0.15, 0.2) is 47.4 Å². The highest BCUT2D eigenvalue weighted by molar-refractivity contribution is 7.92. The predicted octanol–water partition coefficient (Wildman–Crippen LogP) is 5.18. The molecule has 0 bridgehead atoms. The zero-order valence-electron chi connectivity index (χ0n) is 16.9. The van der Waals surface area contributed by atoms with Crippen molar-refractivity contribution >= 4 is 27.3 Å². The van der Waals surface area contributed by atoms with Crippen molar-refractivity contribution in [1.82, 2.24) is 5.32 Å². The predicted molar refractivity (Wildman–Crippen MR) is 110 cm³/mol. The van der Waals surface area contributed by atoms with Crippen LogP contribution < -0.4 is 10.1 Å². The van der Waals surface area contributed by atoms with Crippen LogP contribution in [-0.4, -0.2) is 32.5 Å². The van der Waals surface area contributed by atoms with Gasteiger partial charge in [-0.1, -0.05) is 17.7 Å². The van der Waals surface area contributed by atoms with E-state index in [0.29, 0.717) is 11.1 Å². The number of halogens is 5. The molecule has 0 spiro atoms. The molecular weight excluding hydrogens is 474 g/mol. The normalized spacial score (nSPS) is 21.8. The van der Waals surface area contributed by atoms with Gasteiger partial charge in [0, 0.05) is 11.1 Å². The van der Waals surface area contributed by atoms with Gasteiger partial charge in [0.15, 0.2) is 0 Å².